The predicted molar refractivity (Wildman–Crippen MR) is 81.1 cm³/mol. The van der Waals surface area contributed by atoms with E-state index < -0.39 is 0 Å². The molecule has 3 nitrogen and oxygen atoms in total. The molecule has 1 aliphatic rings. The van der Waals surface area contributed by atoms with Gasteiger partial charge in [0.05, 0.1) is 10.5 Å². The molecule has 0 aromatic carbocycles. The molecule has 1 fully saturated rings. The SMILES string of the molecule is CCC1CCC(n2c(=S)[nH]c3cc(Cl)cnc32)C1C. The lowest BCUT2D eigenvalue weighted by atomic mass is 9.93. The van der Waals surface area contributed by atoms with E-state index in [2.05, 4.69) is 28.4 Å². The third-order valence-corrected chi connectivity index (χ3v) is 5.07. The lowest BCUT2D eigenvalue weighted by Crippen LogP contribution is -2.16. The molecule has 3 rings (SSSR count). The molecule has 102 valence electrons. The number of aromatic nitrogens is 3. The van der Waals surface area contributed by atoms with Crippen LogP contribution in [0.4, 0.5) is 0 Å². The number of rotatable bonds is 2. The number of pyridine rings is 1. The van der Waals surface area contributed by atoms with Gasteiger partial charge in [0.25, 0.3) is 0 Å². The predicted octanol–water partition coefficient (Wildman–Crippen LogP) is 4.74. The summed E-state index contributed by atoms with van der Waals surface area (Å²) in [6.45, 7) is 4.61. The normalized spacial score (nSPS) is 27.2. The van der Waals surface area contributed by atoms with Crippen molar-refractivity contribution in [2.75, 3.05) is 0 Å². The highest BCUT2D eigenvalue weighted by atomic mass is 35.5. The Morgan fingerprint density at radius 2 is 2.32 bits per heavy atom. The molecular formula is C14H18ClN3S. The summed E-state index contributed by atoms with van der Waals surface area (Å²) in [5, 5.41) is 0.641. The van der Waals surface area contributed by atoms with Crippen LogP contribution in [0.2, 0.25) is 5.02 Å². The van der Waals surface area contributed by atoms with Crippen LogP contribution in [0.15, 0.2) is 12.3 Å². The van der Waals surface area contributed by atoms with E-state index >= 15 is 0 Å². The highest BCUT2D eigenvalue weighted by Crippen LogP contribution is 2.42. The Morgan fingerprint density at radius 1 is 1.53 bits per heavy atom. The minimum absolute atomic E-state index is 0.458. The van der Waals surface area contributed by atoms with Crippen LogP contribution in [0.5, 0.6) is 0 Å². The molecular weight excluding hydrogens is 278 g/mol. The first kappa shape index (κ1) is 13.1. The second kappa shape index (κ2) is 4.91. The highest BCUT2D eigenvalue weighted by Gasteiger charge is 2.34. The van der Waals surface area contributed by atoms with Crippen molar-refractivity contribution in [1.29, 1.82) is 0 Å². The fourth-order valence-electron chi connectivity index (χ4n) is 3.46. The summed E-state index contributed by atoms with van der Waals surface area (Å²) >= 11 is 11.5. The van der Waals surface area contributed by atoms with Crippen LogP contribution in [0.3, 0.4) is 0 Å². The van der Waals surface area contributed by atoms with Crippen LogP contribution >= 0.6 is 23.8 Å². The Morgan fingerprint density at radius 3 is 3.00 bits per heavy atom. The molecule has 19 heavy (non-hydrogen) atoms. The quantitative estimate of drug-likeness (QED) is 0.812. The molecule has 0 saturated heterocycles. The molecule has 2 aromatic rings. The maximum Gasteiger partial charge on any atom is 0.179 e. The summed E-state index contributed by atoms with van der Waals surface area (Å²) in [5.74, 6) is 1.44. The third-order valence-electron chi connectivity index (χ3n) is 4.56. The number of H-pyrrole nitrogens is 1. The Hall–Kier alpha value is -0.870. The lowest BCUT2D eigenvalue weighted by Gasteiger charge is -2.21. The maximum absolute atomic E-state index is 5.99. The van der Waals surface area contributed by atoms with E-state index in [0.29, 0.717) is 17.0 Å². The van der Waals surface area contributed by atoms with E-state index in [0.717, 1.165) is 21.9 Å². The van der Waals surface area contributed by atoms with E-state index in [9.17, 15) is 0 Å². The number of nitrogens with zero attached hydrogens (tertiary/aromatic N) is 2. The van der Waals surface area contributed by atoms with Crippen molar-refractivity contribution in [2.45, 2.75) is 39.2 Å². The molecule has 3 atom stereocenters. The van der Waals surface area contributed by atoms with Crippen molar-refractivity contribution in [3.8, 4) is 0 Å². The Bertz CT molecular complexity index is 660. The van der Waals surface area contributed by atoms with Gasteiger partial charge in [-0.15, -0.1) is 0 Å². The summed E-state index contributed by atoms with van der Waals surface area (Å²) < 4.78 is 2.96. The van der Waals surface area contributed by atoms with Crippen molar-refractivity contribution in [3.05, 3.63) is 22.1 Å². The molecule has 1 aliphatic carbocycles. The van der Waals surface area contributed by atoms with Gasteiger partial charge in [-0.2, -0.15) is 0 Å². The monoisotopic (exact) mass is 295 g/mol. The zero-order valence-corrected chi connectivity index (χ0v) is 12.8. The van der Waals surface area contributed by atoms with Gasteiger partial charge in [0.15, 0.2) is 10.4 Å². The first-order chi connectivity index (χ1) is 9.11. The average molecular weight is 296 g/mol. The molecule has 2 aromatic heterocycles. The molecule has 0 amide bonds. The Labute approximate surface area is 123 Å². The first-order valence-electron chi connectivity index (χ1n) is 6.87. The van der Waals surface area contributed by atoms with Gasteiger partial charge in [-0.3, -0.25) is 4.57 Å². The second-order valence-electron chi connectivity index (χ2n) is 5.50. The van der Waals surface area contributed by atoms with Crippen LogP contribution in [0.1, 0.15) is 39.2 Å². The smallest absolute Gasteiger partial charge is 0.179 e. The number of hydrogen-bond acceptors (Lipinski definition) is 2. The molecule has 5 heteroatoms. The summed E-state index contributed by atoms with van der Waals surface area (Å²) in [6.07, 6.45) is 5.40. The van der Waals surface area contributed by atoms with Crippen LogP contribution < -0.4 is 0 Å². The summed E-state index contributed by atoms with van der Waals surface area (Å²) in [7, 11) is 0. The van der Waals surface area contributed by atoms with Crippen LogP contribution in [-0.4, -0.2) is 14.5 Å². The highest BCUT2D eigenvalue weighted by molar-refractivity contribution is 7.71. The number of aromatic amines is 1. The van der Waals surface area contributed by atoms with Crippen molar-refractivity contribution in [2.24, 2.45) is 11.8 Å². The van der Waals surface area contributed by atoms with Crippen LogP contribution in [0.25, 0.3) is 11.2 Å². The molecule has 1 N–H and O–H groups in total. The van der Waals surface area contributed by atoms with Crippen molar-refractivity contribution >= 4 is 35.0 Å². The van der Waals surface area contributed by atoms with Gasteiger partial charge in [-0.25, -0.2) is 4.98 Å². The standard InChI is InChI=1S/C14H18ClN3S/c1-3-9-4-5-12(8(9)2)18-13-11(17-14(18)19)6-10(15)7-16-13/h6-9,12H,3-5H2,1-2H3,(H,17,19). The summed E-state index contributed by atoms with van der Waals surface area (Å²) in [4.78, 5) is 7.69. The summed E-state index contributed by atoms with van der Waals surface area (Å²) in [6, 6.07) is 2.35. The van der Waals surface area contributed by atoms with E-state index in [1.807, 2.05) is 6.07 Å². The van der Waals surface area contributed by atoms with Gasteiger partial charge < -0.3 is 4.98 Å². The Kier molecular flexibility index (Phi) is 3.39. The minimum Gasteiger partial charge on any atom is -0.329 e. The Balaban J connectivity index is 2.11. The largest absolute Gasteiger partial charge is 0.329 e. The van der Waals surface area contributed by atoms with E-state index in [-0.39, 0.29) is 0 Å². The molecule has 0 spiro atoms. The average Bonchev–Trinajstić information content (AvgIpc) is 2.88. The number of imidazole rings is 1. The maximum atomic E-state index is 5.99. The number of hydrogen-bond donors (Lipinski definition) is 1. The second-order valence-corrected chi connectivity index (χ2v) is 6.32. The van der Waals surface area contributed by atoms with Gasteiger partial charge >= 0.3 is 0 Å². The summed E-state index contributed by atoms with van der Waals surface area (Å²) in [5.41, 5.74) is 1.87. The van der Waals surface area contributed by atoms with E-state index in [4.69, 9.17) is 23.8 Å². The molecule has 0 bridgehead atoms. The van der Waals surface area contributed by atoms with Crippen molar-refractivity contribution in [1.82, 2.24) is 14.5 Å². The number of nitrogens with one attached hydrogen (secondary N) is 1. The van der Waals surface area contributed by atoms with Crippen LogP contribution in [-0.2, 0) is 0 Å². The topological polar surface area (TPSA) is 33.6 Å². The van der Waals surface area contributed by atoms with Gasteiger partial charge in [-0.05, 0) is 43.0 Å². The lowest BCUT2D eigenvalue weighted by molar-refractivity contribution is 0.331. The molecule has 1 saturated carbocycles. The molecule has 3 unspecified atom stereocenters. The van der Waals surface area contributed by atoms with Crippen LogP contribution in [0, 0.1) is 16.6 Å². The number of fused-ring (bicyclic) bond motifs is 1. The minimum atomic E-state index is 0.458. The van der Waals surface area contributed by atoms with Crippen molar-refractivity contribution < 1.29 is 0 Å². The van der Waals surface area contributed by atoms with E-state index in [1.54, 1.807) is 6.20 Å². The van der Waals surface area contributed by atoms with Gasteiger partial charge in [-0.1, -0.05) is 31.9 Å². The van der Waals surface area contributed by atoms with Gasteiger partial charge in [0.2, 0.25) is 0 Å². The number of halogens is 1. The molecule has 0 radical (unpaired) electrons. The fourth-order valence-corrected chi connectivity index (χ4v) is 3.95. The van der Waals surface area contributed by atoms with Gasteiger partial charge in [0, 0.05) is 12.2 Å². The third kappa shape index (κ3) is 2.11. The zero-order chi connectivity index (χ0) is 13.6. The fraction of sp³-hybridized carbons (Fsp3) is 0.571. The van der Waals surface area contributed by atoms with Crippen molar-refractivity contribution in [3.63, 3.8) is 0 Å². The molecule has 2 heterocycles. The van der Waals surface area contributed by atoms with E-state index in [1.165, 1.54) is 19.3 Å². The zero-order valence-electron chi connectivity index (χ0n) is 11.2. The van der Waals surface area contributed by atoms with Gasteiger partial charge in [0.1, 0.15) is 0 Å². The molecule has 0 aliphatic heterocycles. The first-order valence-corrected chi connectivity index (χ1v) is 7.66.